The first-order valence-corrected chi connectivity index (χ1v) is 8.61. The molecule has 0 aliphatic carbocycles. The normalized spacial score (nSPS) is 12.2. The van der Waals surface area contributed by atoms with E-state index in [9.17, 15) is 9.59 Å². The fraction of sp³-hybridized carbons (Fsp3) is 0.333. The molecule has 0 saturated heterocycles. The van der Waals surface area contributed by atoms with E-state index >= 15 is 0 Å². The molecule has 1 unspecified atom stereocenters. The van der Waals surface area contributed by atoms with E-state index in [4.69, 9.17) is 4.74 Å². The third-order valence-electron chi connectivity index (χ3n) is 4.07. The molecule has 5 nitrogen and oxygen atoms in total. The molecule has 0 radical (unpaired) electrons. The van der Waals surface area contributed by atoms with Gasteiger partial charge in [-0.2, -0.15) is 0 Å². The lowest BCUT2D eigenvalue weighted by atomic mass is 9.87. The van der Waals surface area contributed by atoms with E-state index in [1.54, 1.807) is 19.1 Å². The molecule has 2 aromatic rings. The minimum Gasteiger partial charge on any atom is -0.481 e. The maximum Gasteiger partial charge on any atom is 0.279 e. The summed E-state index contributed by atoms with van der Waals surface area (Å²) in [4.78, 5) is 24.3. The van der Waals surface area contributed by atoms with Gasteiger partial charge in [0.25, 0.3) is 11.8 Å². The van der Waals surface area contributed by atoms with E-state index in [1.807, 2.05) is 43.3 Å². The Morgan fingerprint density at radius 1 is 1.00 bits per heavy atom. The summed E-state index contributed by atoms with van der Waals surface area (Å²) < 4.78 is 5.71. The third kappa shape index (κ3) is 5.09. The Labute approximate surface area is 154 Å². The lowest BCUT2D eigenvalue weighted by Gasteiger charge is -2.21. The number of benzene rings is 2. The quantitative estimate of drug-likeness (QED) is 0.826. The van der Waals surface area contributed by atoms with Gasteiger partial charge in [-0.3, -0.25) is 20.4 Å². The molecule has 0 aliphatic heterocycles. The number of nitrogens with one attached hydrogen (secondary N) is 2. The molecule has 0 fully saturated rings. The molecule has 0 spiro atoms. The molecular formula is C21H26N2O3. The van der Waals surface area contributed by atoms with Crippen molar-refractivity contribution in [3.8, 4) is 5.75 Å². The Morgan fingerprint density at radius 3 is 2.35 bits per heavy atom. The van der Waals surface area contributed by atoms with Crippen LogP contribution in [0.4, 0.5) is 0 Å². The van der Waals surface area contributed by atoms with Crippen molar-refractivity contribution in [3.63, 3.8) is 0 Å². The van der Waals surface area contributed by atoms with Crippen LogP contribution in [0.5, 0.6) is 5.75 Å². The minimum atomic E-state index is -0.748. The van der Waals surface area contributed by atoms with Crippen LogP contribution in [0.2, 0.25) is 0 Å². The summed E-state index contributed by atoms with van der Waals surface area (Å²) >= 11 is 0. The summed E-state index contributed by atoms with van der Waals surface area (Å²) in [6, 6.07) is 14.8. The lowest BCUT2D eigenvalue weighted by Crippen LogP contribution is -2.47. The highest BCUT2D eigenvalue weighted by Gasteiger charge is 2.18. The average molecular weight is 354 g/mol. The van der Waals surface area contributed by atoms with Gasteiger partial charge in [0.2, 0.25) is 0 Å². The standard InChI is InChI=1S/C21H26N2O3/c1-14-9-6-7-12-18(14)20(25)23-22-19(24)15(2)26-17-11-8-10-16(13-17)21(3,4)5/h6-13,15H,1-5H3,(H,22,24)(H,23,25). The van der Waals surface area contributed by atoms with Gasteiger partial charge in [0.05, 0.1) is 0 Å². The molecule has 2 aromatic carbocycles. The van der Waals surface area contributed by atoms with Crippen molar-refractivity contribution in [3.05, 3.63) is 65.2 Å². The van der Waals surface area contributed by atoms with Gasteiger partial charge < -0.3 is 4.74 Å². The second-order valence-electron chi connectivity index (χ2n) is 7.30. The molecule has 26 heavy (non-hydrogen) atoms. The van der Waals surface area contributed by atoms with Crippen LogP contribution in [-0.2, 0) is 10.2 Å². The molecule has 2 N–H and O–H groups in total. The van der Waals surface area contributed by atoms with E-state index in [1.165, 1.54) is 0 Å². The largest absolute Gasteiger partial charge is 0.481 e. The second kappa shape index (κ2) is 8.04. The molecule has 5 heteroatoms. The smallest absolute Gasteiger partial charge is 0.279 e. The van der Waals surface area contributed by atoms with Crippen molar-refractivity contribution in [1.82, 2.24) is 10.9 Å². The highest BCUT2D eigenvalue weighted by molar-refractivity contribution is 5.96. The van der Waals surface area contributed by atoms with Crippen molar-refractivity contribution < 1.29 is 14.3 Å². The number of hydrogen-bond donors (Lipinski definition) is 2. The molecule has 0 bridgehead atoms. The van der Waals surface area contributed by atoms with E-state index in [0.717, 1.165) is 11.1 Å². The van der Waals surface area contributed by atoms with Gasteiger partial charge >= 0.3 is 0 Å². The zero-order valence-corrected chi connectivity index (χ0v) is 15.9. The molecule has 0 aliphatic rings. The zero-order chi connectivity index (χ0) is 19.3. The van der Waals surface area contributed by atoms with Gasteiger partial charge in [0.1, 0.15) is 5.75 Å². The number of hydrazine groups is 1. The second-order valence-corrected chi connectivity index (χ2v) is 7.30. The van der Waals surface area contributed by atoms with Crippen molar-refractivity contribution in [1.29, 1.82) is 0 Å². The van der Waals surface area contributed by atoms with E-state index < -0.39 is 12.0 Å². The first-order chi connectivity index (χ1) is 12.2. The predicted octanol–water partition coefficient (Wildman–Crippen LogP) is 3.52. The number of amides is 2. The van der Waals surface area contributed by atoms with Crippen LogP contribution >= 0.6 is 0 Å². The fourth-order valence-electron chi connectivity index (χ4n) is 2.41. The Balaban J connectivity index is 1.94. The molecule has 138 valence electrons. The van der Waals surface area contributed by atoms with Crippen LogP contribution in [0, 0.1) is 6.92 Å². The third-order valence-corrected chi connectivity index (χ3v) is 4.07. The van der Waals surface area contributed by atoms with Crippen molar-refractivity contribution in [2.45, 2.75) is 46.1 Å². The van der Waals surface area contributed by atoms with Gasteiger partial charge in [-0.1, -0.05) is 51.1 Å². The zero-order valence-electron chi connectivity index (χ0n) is 15.9. The number of rotatable bonds is 4. The Kier molecular flexibility index (Phi) is 6.03. The summed E-state index contributed by atoms with van der Waals surface area (Å²) in [5.41, 5.74) is 7.30. The number of carbonyl (C=O) groups excluding carboxylic acids is 2. The maximum absolute atomic E-state index is 12.2. The van der Waals surface area contributed by atoms with Crippen LogP contribution in [0.15, 0.2) is 48.5 Å². The van der Waals surface area contributed by atoms with E-state index in [-0.39, 0.29) is 11.3 Å². The Hall–Kier alpha value is -2.82. The van der Waals surface area contributed by atoms with Gasteiger partial charge in [0, 0.05) is 5.56 Å². The van der Waals surface area contributed by atoms with Crippen molar-refractivity contribution in [2.24, 2.45) is 0 Å². The molecule has 2 rings (SSSR count). The van der Waals surface area contributed by atoms with Gasteiger partial charge in [-0.15, -0.1) is 0 Å². The van der Waals surface area contributed by atoms with E-state index in [0.29, 0.717) is 11.3 Å². The van der Waals surface area contributed by atoms with Gasteiger partial charge in [-0.25, -0.2) is 0 Å². The molecule has 0 saturated carbocycles. The van der Waals surface area contributed by atoms with Crippen LogP contribution < -0.4 is 15.6 Å². The van der Waals surface area contributed by atoms with Crippen LogP contribution in [-0.4, -0.2) is 17.9 Å². The number of carbonyl (C=O) groups is 2. The molecule has 1 atom stereocenters. The summed E-state index contributed by atoms with van der Waals surface area (Å²) in [5, 5.41) is 0. The van der Waals surface area contributed by atoms with Crippen LogP contribution in [0.25, 0.3) is 0 Å². The predicted molar refractivity (Wildman–Crippen MR) is 102 cm³/mol. The number of hydrogen-bond acceptors (Lipinski definition) is 3. The highest BCUT2D eigenvalue weighted by atomic mass is 16.5. The first kappa shape index (κ1) is 19.5. The minimum absolute atomic E-state index is 0.00755. The summed E-state index contributed by atoms with van der Waals surface area (Å²) in [6.45, 7) is 9.82. The van der Waals surface area contributed by atoms with Gasteiger partial charge in [-0.05, 0) is 48.6 Å². The van der Waals surface area contributed by atoms with Crippen molar-refractivity contribution in [2.75, 3.05) is 0 Å². The molecule has 0 heterocycles. The number of aryl methyl sites for hydroxylation is 1. The van der Waals surface area contributed by atoms with Gasteiger partial charge in [0.15, 0.2) is 6.10 Å². The molecular weight excluding hydrogens is 328 g/mol. The van der Waals surface area contributed by atoms with Crippen LogP contribution in [0.3, 0.4) is 0 Å². The lowest BCUT2D eigenvalue weighted by molar-refractivity contribution is -0.128. The van der Waals surface area contributed by atoms with Crippen LogP contribution in [0.1, 0.15) is 49.2 Å². The number of ether oxygens (including phenoxy) is 1. The summed E-state index contributed by atoms with van der Waals surface area (Å²) in [5.74, 6) is -0.170. The fourth-order valence-corrected chi connectivity index (χ4v) is 2.41. The summed E-state index contributed by atoms with van der Waals surface area (Å²) in [7, 11) is 0. The molecule has 0 aromatic heterocycles. The van der Waals surface area contributed by atoms with E-state index in [2.05, 4.69) is 31.6 Å². The Morgan fingerprint density at radius 2 is 1.69 bits per heavy atom. The SMILES string of the molecule is Cc1ccccc1C(=O)NNC(=O)C(C)Oc1cccc(C(C)(C)C)c1. The van der Waals surface area contributed by atoms with Crippen molar-refractivity contribution >= 4 is 11.8 Å². The Bertz CT molecular complexity index is 794. The monoisotopic (exact) mass is 354 g/mol. The molecule has 2 amide bonds. The first-order valence-electron chi connectivity index (χ1n) is 8.61. The average Bonchev–Trinajstić information content (AvgIpc) is 2.59. The summed E-state index contributed by atoms with van der Waals surface area (Å²) in [6.07, 6.45) is -0.748. The topological polar surface area (TPSA) is 67.4 Å². The maximum atomic E-state index is 12.2. The highest BCUT2D eigenvalue weighted by Crippen LogP contribution is 2.26.